The molecule has 0 fully saturated rings. The maximum absolute atomic E-state index is 5.76. The number of benzene rings is 1. The molecule has 0 aliphatic carbocycles. The van der Waals surface area contributed by atoms with E-state index in [-0.39, 0.29) is 6.04 Å². The second-order valence-electron chi connectivity index (χ2n) is 5.45. The molecule has 112 valence electrons. The van der Waals surface area contributed by atoms with E-state index in [1.54, 1.807) is 0 Å². The van der Waals surface area contributed by atoms with Gasteiger partial charge in [0.2, 0.25) is 0 Å². The first-order chi connectivity index (χ1) is 10.4. The summed E-state index contributed by atoms with van der Waals surface area (Å²) >= 11 is 1.28. The van der Waals surface area contributed by atoms with Gasteiger partial charge < -0.3 is 10.1 Å². The molecule has 1 aromatic heterocycles. The lowest BCUT2D eigenvalue weighted by Gasteiger charge is -2.29. The summed E-state index contributed by atoms with van der Waals surface area (Å²) in [6, 6.07) is 8.67. The first kappa shape index (κ1) is 14.5. The maximum Gasteiger partial charge on any atom is 0.122 e. The van der Waals surface area contributed by atoms with E-state index in [4.69, 9.17) is 4.74 Å². The highest BCUT2D eigenvalue weighted by molar-refractivity contribution is 6.99. The number of rotatable bonds is 6. The van der Waals surface area contributed by atoms with Crippen LogP contribution >= 0.6 is 11.7 Å². The van der Waals surface area contributed by atoms with Crippen molar-refractivity contribution in [2.24, 2.45) is 0 Å². The lowest BCUT2D eigenvalue weighted by Crippen LogP contribution is -2.26. The van der Waals surface area contributed by atoms with Gasteiger partial charge in [-0.25, -0.2) is 0 Å². The molecule has 0 saturated carbocycles. The molecule has 3 rings (SSSR count). The van der Waals surface area contributed by atoms with Gasteiger partial charge in [-0.15, -0.1) is 0 Å². The predicted octanol–water partition coefficient (Wildman–Crippen LogP) is 3.54. The van der Waals surface area contributed by atoms with Gasteiger partial charge >= 0.3 is 0 Å². The van der Waals surface area contributed by atoms with Crippen LogP contribution in [0.4, 0.5) is 0 Å². The minimum absolute atomic E-state index is 0.278. The Morgan fingerprint density at radius 2 is 2.33 bits per heavy atom. The first-order valence-corrected chi connectivity index (χ1v) is 8.34. The molecular weight excluding hydrogens is 282 g/mol. The zero-order valence-corrected chi connectivity index (χ0v) is 13.1. The van der Waals surface area contributed by atoms with E-state index >= 15 is 0 Å². The monoisotopic (exact) mass is 303 g/mol. The van der Waals surface area contributed by atoms with Gasteiger partial charge in [-0.05, 0) is 43.4 Å². The molecule has 5 heteroatoms. The molecule has 2 heterocycles. The van der Waals surface area contributed by atoms with Gasteiger partial charge in [0.05, 0.1) is 36.3 Å². The molecule has 2 aromatic rings. The fourth-order valence-electron chi connectivity index (χ4n) is 2.90. The number of aromatic nitrogens is 2. The van der Waals surface area contributed by atoms with Gasteiger partial charge in [0, 0.05) is 0 Å². The number of para-hydroxylation sites is 1. The van der Waals surface area contributed by atoms with Crippen molar-refractivity contribution in [2.45, 2.75) is 38.1 Å². The molecule has 1 aromatic carbocycles. The molecule has 0 spiro atoms. The Balaban J connectivity index is 1.77. The van der Waals surface area contributed by atoms with Gasteiger partial charge in [0.15, 0.2) is 0 Å². The molecule has 0 bridgehead atoms. The smallest absolute Gasteiger partial charge is 0.122 e. The van der Waals surface area contributed by atoms with E-state index < -0.39 is 0 Å². The third kappa shape index (κ3) is 3.41. The van der Waals surface area contributed by atoms with Gasteiger partial charge in [-0.1, -0.05) is 25.1 Å². The minimum Gasteiger partial charge on any atom is -0.493 e. The Morgan fingerprint density at radius 1 is 1.43 bits per heavy atom. The lowest BCUT2D eigenvalue weighted by molar-refractivity contribution is 0.254. The van der Waals surface area contributed by atoms with Crippen molar-refractivity contribution in [1.82, 2.24) is 14.1 Å². The number of nitrogens with zero attached hydrogens (tertiary/aromatic N) is 2. The molecule has 2 atom stereocenters. The van der Waals surface area contributed by atoms with Crippen LogP contribution in [0, 0.1) is 0 Å². The van der Waals surface area contributed by atoms with Crippen LogP contribution in [0.5, 0.6) is 5.75 Å². The van der Waals surface area contributed by atoms with E-state index in [1.807, 2.05) is 12.3 Å². The Labute approximate surface area is 129 Å². The van der Waals surface area contributed by atoms with Crippen LogP contribution in [0.15, 0.2) is 30.5 Å². The van der Waals surface area contributed by atoms with Crippen molar-refractivity contribution in [3.63, 3.8) is 0 Å². The zero-order chi connectivity index (χ0) is 14.5. The molecule has 1 aliphatic rings. The molecule has 21 heavy (non-hydrogen) atoms. The van der Waals surface area contributed by atoms with Crippen molar-refractivity contribution >= 4 is 11.7 Å². The molecule has 0 radical (unpaired) electrons. The van der Waals surface area contributed by atoms with E-state index in [9.17, 15) is 0 Å². The number of hydrogen-bond donors (Lipinski definition) is 1. The number of ether oxygens (including phenoxy) is 1. The molecule has 0 saturated heterocycles. The number of fused-ring (bicyclic) bond motifs is 1. The minimum atomic E-state index is 0.278. The Hall–Kier alpha value is -1.46. The normalized spacial score (nSPS) is 18.8. The van der Waals surface area contributed by atoms with Crippen molar-refractivity contribution in [2.75, 3.05) is 13.2 Å². The van der Waals surface area contributed by atoms with E-state index in [0.29, 0.717) is 5.92 Å². The zero-order valence-electron chi connectivity index (χ0n) is 12.3. The molecule has 1 N–H and O–H groups in total. The van der Waals surface area contributed by atoms with Crippen molar-refractivity contribution < 1.29 is 4.74 Å². The van der Waals surface area contributed by atoms with Crippen LogP contribution in [0.25, 0.3) is 0 Å². The Kier molecular flexibility index (Phi) is 4.83. The predicted molar refractivity (Wildman–Crippen MR) is 84.9 cm³/mol. The van der Waals surface area contributed by atoms with Gasteiger partial charge in [0.1, 0.15) is 5.75 Å². The van der Waals surface area contributed by atoms with Crippen LogP contribution in [-0.4, -0.2) is 21.9 Å². The first-order valence-electron chi connectivity index (χ1n) is 7.61. The summed E-state index contributed by atoms with van der Waals surface area (Å²) in [6.45, 7) is 4.00. The maximum atomic E-state index is 5.76. The molecule has 0 amide bonds. The van der Waals surface area contributed by atoms with Crippen LogP contribution < -0.4 is 10.1 Å². The molecule has 2 unspecified atom stereocenters. The lowest BCUT2D eigenvalue weighted by atomic mass is 9.86. The van der Waals surface area contributed by atoms with Crippen LogP contribution in [0.2, 0.25) is 0 Å². The van der Waals surface area contributed by atoms with E-state index in [0.717, 1.165) is 43.9 Å². The summed E-state index contributed by atoms with van der Waals surface area (Å²) in [7, 11) is 0. The molecule has 1 aliphatic heterocycles. The second kappa shape index (κ2) is 7.00. The summed E-state index contributed by atoms with van der Waals surface area (Å²) in [6.07, 6.45) is 5.13. The third-order valence-electron chi connectivity index (χ3n) is 3.98. The number of nitrogens with one attached hydrogen (secondary N) is 1. The Morgan fingerprint density at radius 3 is 3.14 bits per heavy atom. The fourth-order valence-corrected chi connectivity index (χ4v) is 3.37. The topological polar surface area (TPSA) is 47.0 Å². The third-order valence-corrected chi connectivity index (χ3v) is 4.47. The summed E-state index contributed by atoms with van der Waals surface area (Å²) in [4.78, 5) is 0. The standard InChI is InChI=1S/C16H21N3OS/c1-2-8-17-14(15-11-18-21-19-15)10-12-7-9-20-16-6-4-3-5-13(12)16/h3-6,11-12,14,17H,2,7-10H2,1H3. The van der Waals surface area contributed by atoms with Crippen LogP contribution in [0.1, 0.15) is 49.4 Å². The van der Waals surface area contributed by atoms with Crippen LogP contribution in [0.3, 0.4) is 0 Å². The second-order valence-corrected chi connectivity index (χ2v) is 6.00. The Bertz CT molecular complexity index is 558. The van der Waals surface area contributed by atoms with Crippen molar-refractivity contribution in [3.8, 4) is 5.75 Å². The highest BCUT2D eigenvalue weighted by Crippen LogP contribution is 2.38. The van der Waals surface area contributed by atoms with Crippen molar-refractivity contribution in [3.05, 3.63) is 41.7 Å². The fraction of sp³-hybridized carbons (Fsp3) is 0.500. The van der Waals surface area contributed by atoms with Crippen molar-refractivity contribution in [1.29, 1.82) is 0 Å². The summed E-state index contributed by atoms with van der Waals surface area (Å²) < 4.78 is 14.3. The van der Waals surface area contributed by atoms with Gasteiger partial charge in [0.25, 0.3) is 0 Å². The van der Waals surface area contributed by atoms with Gasteiger partial charge in [-0.2, -0.15) is 8.75 Å². The van der Waals surface area contributed by atoms with Crippen LogP contribution in [-0.2, 0) is 0 Å². The van der Waals surface area contributed by atoms with E-state index in [1.165, 1.54) is 17.3 Å². The summed E-state index contributed by atoms with van der Waals surface area (Å²) in [5, 5.41) is 3.61. The summed E-state index contributed by atoms with van der Waals surface area (Å²) in [5.41, 5.74) is 2.40. The number of hydrogen-bond acceptors (Lipinski definition) is 5. The average molecular weight is 303 g/mol. The van der Waals surface area contributed by atoms with Gasteiger partial charge in [-0.3, -0.25) is 0 Å². The molecular formula is C16H21N3OS. The SMILES string of the molecule is CCCNC(CC1CCOc2ccccc21)c1cnsn1. The molecule has 4 nitrogen and oxygen atoms in total. The highest BCUT2D eigenvalue weighted by atomic mass is 32.1. The quantitative estimate of drug-likeness (QED) is 0.886. The average Bonchev–Trinajstić information content (AvgIpc) is 3.06. The summed E-state index contributed by atoms with van der Waals surface area (Å²) in [5.74, 6) is 1.56. The highest BCUT2D eigenvalue weighted by Gasteiger charge is 2.25. The largest absolute Gasteiger partial charge is 0.493 e. The van der Waals surface area contributed by atoms with E-state index in [2.05, 4.69) is 39.2 Å².